The zero-order chi connectivity index (χ0) is 80.4. The van der Waals surface area contributed by atoms with Crippen molar-refractivity contribution in [3.8, 4) is 0 Å². The number of aliphatic imine (C=N–C) groups is 1. The Morgan fingerprint density at radius 1 is 0.587 bits per heavy atom. The number of thioether (sulfide) groups is 1. The van der Waals surface area contributed by atoms with Gasteiger partial charge in [-0.25, -0.2) is 4.79 Å². The average Bonchev–Trinajstić information content (AvgIpc) is 0.784. The number of rotatable bonds is 47. The molecular formula is C68H90N15NaO23S2. The van der Waals surface area contributed by atoms with Gasteiger partial charge in [0.1, 0.15) is 53.2 Å². The number of hydrogen-bond donors (Lipinski definition) is 16. The number of fused-ring (bicyclic) bond motifs is 1. The van der Waals surface area contributed by atoms with Crippen LogP contribution in [-0.2, 0) is 77.2 Å². The number of azo groups is 1. The number of anilines is 2. The zero-order valence-corrected chi connectivity index (χ0v) is 64.5. The number of unbranched alkanes of at least 4 members (excludes halogenated alkanes) is 1. The fourth-order valence-corrected chi connectivity index (χ4v) is 11.3. The number of aliphatic hydroxyl groups excluding tert-OH is 1. The number of nitrogens with zero attached hydrogens (tertiary/aromatic N) is 4. The molecule has 10 amide bonds. The van der Waals surface area contributed by atoms with Gasteiger partial charge in [-0.1, -0.05) is 31.2 Å². The SMILES string of the molecule is CC[C@H](NC(=O)[C@H](CCC(=O)O)NC(=O)[C@H](CCC(=O)O)NC(=O)[C@H](CCSC)NC(=O)[C@H](CC(=O)NCCNc1cccc2c(S(=O)(=O)O)cccc12)NC(=O)[C@H](CC(=O)O)N=C(C)[O-])C(=O)O[C@@H](C)C(=O)N[C@@H](CO)C(=O)N[C@@H](CCCCNC(=O)c1ccc(N=Nc2ccc(N(C)C)cc2)cc1)C(N)=O.[Na+]. The molecule has 9 atom stereocenters. The maximum Gasteiger partial charge on any atom is 1.00 e. The molecule has 0 aliphatic rings. The minimum absolute atomic E-state index is 0. The van der Waals surface area contributed by atoms with Crippen LogP contribution < -0.4 is 98.5 Å². The van der Waals surface area contributed by atoms with Gasteiger partial charge in [-0.2, -0.15) is 30.4 Å². The van der Waals surface area contributed by atoms with Gasteiger partial charge >= 0.3 is 53.4 Å². The number of carboxylic acids is 3. The fraction of sp³-hybridized carbons (Fsp3) is 0.456. The monoisotopic (exact) mass is 1570 g/mol. The van der Waals surface area contributed by atoms with Crippen LogP contribution in [0.15, 0.2) is 105 Å². The number of carboxylic acid groups (broad SMARTS) is 3. The Morgan fingerprint density at radius 2 is 1.09 bits per heavy atom. The number of nitrogens with one attached hydrogen (secondary N) is 10. The van der Waals surface area contributed by atoms with Crippen LogP contribution in [0.4, 0.5) is 22.7 Å². The number of amides is 10. The number of carbonyl (C=O) groups is 14. The van der Waals surface area contributed by atoms with Crippen LogP contribution in [0.1, 0.15) is 102 Å². The average molecular weight is 1570 g/mol. The Labute approximate surface area is 652 Å². The summed E-state index contributed by atoms with van der Waals surface area (Å²) in [6.07, 6.45) is -5.18. The number of hydrogen-bond acceptors (Lipinski definition) is 25. The van der Waals surface area contributed by atoms with E-state index in [-0.39, 0.29) is 90.9 Å². The minimum atomic E-state index is -4.62. The summed E-state index contributed by atoms with van der Waals surface area (Å²) < 4.78 is 39.1. The molecule has 4 aromatic carbocycles. The summed E-state index contributed by atoms with van der Waals surface area (Å²) in [6.45, 7) is 2.24. The molecule has 0 unspecified atom stereocenters. The van der Waals surface area contributed by atoms with Crippen molar-refractivity contribution in [1.82, 2.24) is 47.9 Å². The minimum Gasteiger partial charge on any atom is -0.862 e. The predicted molar refractivity (Wildman–Crippen MR) is 389 cm³/mol. The van der Waals surface area contributed by atoms with E-state index in [0.29, 0.717) is 34.4 Å². The predicted octanol–water partition coefficient (Wildman–Crippen LogP) is -3.59. The number of carbonyl (C=O) groups excluding carboxylic acids is 11. The first-order chi connectivity index (χ1) is 51.0. The first-order valence-corrected chi connectivity index (χ1v) is 36.6. The van der Waals surface area contributed by atoms with Gasteiger partial charge in [0, 0.05) is 74.3 Å². The van der Waals surface area contributed by atoms with Crippen molar-refractivity contribution in [2.75, 3.05) is 62.6 Å². The Kier molecular flexibility index (Phi) is 39.8. The van der Waals surface area contributed by atoms with Crippen molar-refractivity contribution in [2.24, 2.45) is 21.0 Å². The van der Waals surface area contributed by atoms with Crippen molar-refractivity contribution in [1.29, 1.82) is 0 Å². The molecule has 588 valence electrons. The summed E-state index contributed by atoms with van der Waals surface area (Å²) in [5.74, 6) is -17.6. The third-order valence-electron chi connectivity index (χ3n) is 15.9. The second-order valence-corrected chi connectivity index (χ2v) is 26.8. The molecule has 0 aliphatic heterocycles. The van der Waals surface area contributed by atoms with Gasteiger partial charge in [0.2, 0.25) is 47.3 Å². The normalized spacial score (nSPS) is 13.8. The molecule has 17 N–H and O–H groups in total. The Hall–Kier alpha value is -10.4. The quantitative estimate of drug-likeness (QED) is 0.00387. The molecule has 0 saturated carbocycles. The maximum absolute atomic E-state index is 14.3. The zero-order valence-electron chi connectivity index (χ0n) is 60.9. The van der Waals surface area contributed by atoms with Gasteiger partial charge < -0.3 is 94.1 Å². The van der Waals surface area contributed by atoms with Crippen molar-refractivity contribution in [2.45, 2.75) is 151 Å². The summed E-state index contributed by atoms with van der Waals surface area (Å²) in [4.78, 5) is 190. The molecule has 0 aliphatic carbocycles. The molecule has 0 bridgehead atoms. The van der Waals surface area contributed by atoms with Crippen LogP contribution in [0.5, 0.6) is 0 Å². The summed E-state index contributed by atoms with van der Waals surface area (Å²) >= 11 is 1.15. The standard InChI is InChI=1S/C68H91N15O23S2.Na/c1-7-45(68(102)106-37(2)60(94)80-53(36-84)67(101)75-47(59(69)93)14-8-9-30-72-61(95)39-17-19-40(20-18-39)81-82-41-21-23-42(24-22-41)83(4)5)74-62(96)48(25-27-56(87)88)76-63(97)49(26-28-57(89)90)77-64(98)50(29-33-107-6)78-65(99)51(79-66(100)52(35-58(91)92)73-38(3)85)34-55(86)71-32-31-70-46-15-10-13-44-43(46)12-11-16-54(44)108(103,104)105;/h10-13,15-24,37,45,47-53,70,84H,7-9,14,25-36H2,1-6H3,(H2,69,93)(H,71,86)(H,72,95)(H,73,85)(H,74,96)(H,75,101)(H,76,97)(H,77,98)(H,78,99)(H,79,100)(H,80,94)(H,87,88)(H,89,90)(H,91,92)(H,103,104,105);/q;+1/p-1/t37-,45-,47-,48-,49-,50-,51-,52-,53-;/m0./s1. The number of ether oxygens (including phenoxy) is 1. The van der Waals surface area contributed by atoms with Crippen molar-refractivity contribution >= 4 is 144 Å². The molecule has 4 rings (SSSR count). The number of aliphatic carboxylic acids is 3. The van der Waals surface area contributed by atoms with Crippen LogP contribution >= 0.6 is 11.8 Å². The third-order valence-corrected chi connectivity index (χ3v) is 17.4. The van der Waals surface area contributed by atoms with Gasteiger partial charge in [-0.05, 0) is 137 Å². The number of benzene rings is 4. The Morgan fingerprint density at radius 3 is 1.61 bits per heavy atom. The second-order valence-electron chi connectivity index (χ2n) is 24.4. The van der Waals surface area contributed by atoms with E-state index in [1.807, 2.05) is 43.3 Å². The smallest absolute Gasteiger partial charge is 0.862 e. The summed E-state index contributed by atoms with van der Waals surface area (Å²) in [5.41, 5.74) is 8.41. The second kappa shape index (κ2) is 46.7. The van der Waals surface area contributed by atoms with E-state index in [1.54, 1.807) is 42.7 Å². The molecule has 0 spiro atoms. The largest absolute Gasteiger partial charge is 1.00 e. The molecule has 109 heavy (non-hydrogen) atoms. The molecular weight excluding hydrogens is 1480 g/mol. The van der Waals surface area contributed by atoms with E-state index >= 15 is 0 Å². The van der Waals surface area contributed by atoms with Gasteiger partial charge in [0.05, 0.1) is 30.8 Å². The molecule has 0 saturated heterocycles. The van der Waals surface area contributed by atoms with Gasteiger partial charge in [-0.3, -0.25) is 71.9 Å². The number of nitrogens with two attached hydrogens (primary N) is 1. The van der Waals surface area contributed by atoms with Gasteiger partial charge in [0.25, 0.3) is 21.9 Å². The van der Waals surface area contributed by atoms with Crippen LogP contribution in [-0.4, -0.2) is 229 Å². The molecule has 0 heterocycles. The Bertz CT molecular complexity index is 4040. The van der Waals surface area contributed by atoms with E-state index in [1.165, 1.54) is 31.2 Å². The first-order valence-electron chi connectivity index (χ1n) is 33.7. The topological polar surface area (TPSA) is 593 Å². The number of primary amides is 1. The molecule has 38 nitrogen and oxygen atoms in total. The van der Waals surface area contributed by atoms with Crippen LogP contribution in [0.2, 0.25) is 0 Å². The summed E-state index contributed by atoms with van der Waals surface area (Å²) in [5, 5.41) is 84.0. The van der Waals surface area contributed by atoms with Crippen LogP contribution in [0.25, 0.3) is 10.8 Å². The molecule has 0 radical (unpaired) electrons. The van der Waals surface area contributed by atoms with Crippen LogP contribution in [0, 0.1) is 0 Å². The molecule has 4 aromatic rings. The summed E-state index contributed by atoms with van der Waals surface area (Å²) in [7, 11) is -0.794. The molecule has 41 heteroatoms. The van der Waals surface area contributed by atoms with E-state index in [9.17, 15) is 106 Å². The molecule has 0 aromatic heterocycles. The van der Waals surface area contributed by atoms with Gasteiger partial charge in [0.15, 0.2) is 6.10 Å². The van der Waals surface area contributed by atoms with Gasteiger partial charge in [-0.15, -0.1) is 0 Å². The molecule has 0 fully saturated rings. The summed E-state index contributed by atoms with van der Waals surface area (Å²) in [6, 6.07) is 8.43. The maximum atomic E-state index is 14.3. The third kappa shape index (κ3) is 32.5. The van der Waals surface area contributed by atoms with Crippen molar-refractivity contribution in [3.05, 3.63) is 90.5 Å². The van der Waals surface area contributed by atoms with Crippen molar-refractivity contribution < 1.29 is 140 Å². The van der Waals surface area contributed by atoms with E-state index < -0.39 is 199 Å². The first kappa shape index (κ1) is 92.8. The van der Waals surface area contributed by atoms with Crippen molar-refractivity contribution in [3.63, 3.8) is 0 Å². The number of esters is 1. The van der Waals surface area contributed by atoms with E-state index in [2.05, 4.69) is 68.4 Å². The number of aliphatic hydroxyl groups is 1. The van der Waals surface area contributed by atoms with E-state index in [0.717, 1.165) is 31.3 Å². The van der Waals surface area contributed by atoms with E-state index in [4.69, 9.17) is 10.5 Å². The fourth-order valence-electron chi connectivity index (χ4n) is 10.1. The Balaban J connectivity index is 0.0000308. The van der Waals surface area contributed by atoms with Crippen LogP contribution in [0.3, 0.4) is 0 Å².